The molecule has 21 heavy (non-hydrogen) atoms. The molecule has 0 spiro atoms. The van der Waals surface area contributed by atoms with Crippen LogP contribution in [0.3, 0.4) is 0 Å². The summed E-state index contributed by atoms with van der Waals surface area (Å²) < 4.78 is 0. The maximum atomic E-state index is 12.5. The minimum Gasteiger partial charge on any atom is -0.324 e. The van der Waals surface area contributed by atoms with Crippen molar-refractivity contribution in [3.8, 4) is 0 Å². The Morgan fingerprint density at radius 2 is 1.76 bits per heavy atom. The lowest BCUT2D eigenvalue weighted by molar-refractivity contribution is -0.130. The molecule has 4 nitrogen and oxygen atoms in total. The van der Waals surface area contributed by atoms with Gasteiger partial charge in [-0.15, -0.1) is 0 Å². The highest BCUT2D eigenvalue weighted by Crippen LogP contribution is 2.31. The summed E-state index contributed by atoms with van der Waals surface area (Å²) in [7, 11) is 0. The molecule has 0 aromatic rings. The molecule has 1 saturated heterocycles. The van der Waals surface area contributed by atoms with Gasteiger partial charge in [0, 0.05) is 25.2 Å². The van der Waals surface area contributed by atoms with Crippen molar-refractivity contribution >= 4 is 5.91 Å². The Morgan fingerprint density at radius 3 is 2.29 bits per heavy atom. The van der Waals surface area contributed by atoms with Crippen LogP contribution < -0.4 is 5.32 Å². The molecule has 1 N–H and O–H groups in total. The van der Waals surface area contributed by atoms with E-state index < -0.39 is 0 Å². The Labute approximate surface area is 130 Å². The Morgan fingerprint density at radius 1 is 1.19 bits per heavy atom. The normalized spacial score (nSPS) is 27.8. The van der Waals surface area contributed by atoms with E-state index in [4.69, 9.17) is 0 Å². The van der Waals surface area contributed by atoms with Crippen LogP contribution in [-0.2, 0) is 4.79 Å². The topological polar surface area (TPSA) is 35.6 Å². The molecule has 2 rings (SSSR count). The summed E-state index contributed by atoms with van der Waals surface area (Å²) in [6.07, 6.45) is 5.46. The van der Waals surface area contributed by atoms with Crippen LogP contribution in [0.25, 0.3) is 0 Å². The second kappa shape index (κ2) is 7.10. The molecule has 1 saturated carbocycles. The van der Waals surface area contributed by atoms with Gasteiger partial charge in [0.15, 0.2) is 0 Å². The molecule has 1 aliphatic carbocycles. The van der Waals surface area contributed by atoms with Gasteiger partial charge in [-0.2, -0.15) is 0 Å². The first-order chi connectivity index (χ1) is 9.91. The fourth-order valence-electron chi connectivity index (χ4n) is 4.05. The second-order valence-corrected chi connectivity index (χ2v) is 7.33. The second-order valence-electron chi connectivity index (χ2n) is 7.33. The molecule has 4 heteroatoms. The lowest BCUT2D eigenvalue weighted by Crippen LogP contribution is -2.48. The van der Waals surface area contributed by atoms with Crippen LogP contribution in [0.4, 0.5) is 0 Å². The molecule has 0 aromatic carbocycles. The average molecular weight is 295 g/mol. The monoisotopic (exact) mass is 295 g/mol. The van der Waals surface area contributed by atoms with Crippen molar-refractivity contribution in [2.24, 2.45) is 5.92 Å². The van der Waals surface area contributed by atoms with Crippen LogP contribution in [0.1, 0.15) is 60.3 Å². The van der Waals surface area contributed by atoms with Crippen molar-refractivity contribution in [1.29, 1.82) is 0 Å². The maximum absolute atomic E-state index is 12.5. The van der Waals surface area contributed by atoms with Crippen molar-refractivity contribution in [1.82, 2.24) is 15.1 Å². The number of nitrogens with zero attached hydrogens (tertiary/aromatic N) is 2. The molecule has 122 valence electrons. The molecule has 2 atom stereocenters. The first-order valence-electron chi connectivity index (χ1n) is 8.74. The zero-order chi connectivity index (χ0) is 15.6. The highest BCUT2D eigenvalue weighted by Gasteiger charge is 2.41. The summed E-state index contributed by atoms with van der Waals surface area (Å²) in [4.78, 5) is 17.1. The van der Waals surface area contributed by atoms with Crippen LogP contribution in [-0.4, -0.2) is 53.1 Å². The quantitative estimate of drug-likeness (QED) is 0.817. The van der Waals surface area contributed by atoms with Crippen molar-refractivity contribution in [3.05, 3.63) is 0 Å². The van der Waals surface area contributed by atoms with Crippen molar-refractivity contribution in [2.45, 2.75) is 84.6 Å². The van der Waals surface area contributed by atoms with E-state index in [9.17, 15) is 4.79 Å². The van der Waals surface area contributed by atoms with E-state index in [1.807, 2.05) is 6.92 Å². The predicted molar refractivity (Wildman–Crippen MR) is 87.0 cm³/mol. The first kappa shape index (κ1) is 16.8. The van der Waals surface area contributed by atoms with Gasteiger partial charge in [0.1, 0.15) is 0 Å². The number of rotatable bonds is 6. The van der Waals surface area contributed by atoms with Gasteiger partial charge >= 0.3 is 0 Å². The van der Waals surface area contributed by atoms with E-state index in [-0.39, 0.29) is 12.2 Å². The summed E-state index contributed by atoms with van der Waals surface area (Å²) in [5.74, 6) is 0.949. The van der Waals surface area contributed by atoms with Crippen LogP contribution in [0.5, 0.6) is 0 Å². The third-order valence-electron chi connectivity index (χ3n) is 5.18. The molecule has 2 fully saturated rings. The van der Waals surface area contributed by atoms with Crippen LogP contribution in [0.15, 0.2) is 0 Å². The van der Waals surface area contributed by atoms with Gasteiger partial charge in [-0.1, -0.05) is 12.8 Å². The van der Waals surface area contributed by atoms with E-state index in [0.29, 0.717) is 23.9 Å². The fourth-order valence-corrected chi connectivity index (χ4v) is 4.05. The SMILES string of the molecule is CC1NC(C2CCCC2)N(CCN(C(C)C)C(C)C)C1=O. The highest BCUT2D eigenvalue weighted by molar-refractivity contribution is 5.84. The van der Waals surface area contributed by atoms with E-state index in [2.05, 4.69) is 42.8 Å². The number of carbonyl (C=O) groups is 1. The standard InChI is InChI=1S/C17H33N3O/c1-12(2)19(13(3)4)10-11-20-16(15-8-6-7-9-15)18-14(5)17(20)21/h12-16,18H,6-11H2,1-5H3. The molecule has 0 aromatic heterocycles. The van der Waals surface area contributed by atoms with E-state index >= 15 is 0 Å². The average Bonchev–Trinajstić information content (AvgIpc) is 3.01. The van der Waals surface area contributed by atoms with Crippen LogP contribution in [0, 0.1) is 5.92 Å². The highest BCUT2D eigenvalue weighted by atomic mass is 16.2. The van der Waals surface area contributed by atoms with Gasteiger partial charge in [0.05, 0.1) is 12.2 Å². The van der Waals surface area contributed by atoms with Gasteiger partial charge in [-0.3, -0.25) is 15.0 Å². The number of nitrogens with one attached hydrogen (secondary N) is 1. The minimum atomic E-state index is -0.0119. The Hall–Kier alpha value is -0.610. The maximum Gasteiger partial charge on any atom is 0.240 e. The summed E-state index contributed by atoms with van der Waals surface area (Å²) in [5, 5.41) is 3.54. The van der Waals surface area contributed by atoms with E-state index in [0.717, 1.165) is 13.1 Å². The third kappa shape index (κ3) is 3.78. The van der Waals surface area contributed by atoms with Gasteiger partial charge in [-0.25, -0.2) is 0 Å². The van der Waals surface area contributed by atoms with E-state index in [1.54, 1.807) is 0 Å². The van der Waals surface area contributed by atoms with Gasteiger partial charge in [0.2, 0.25) is 5.91 Å². The molecule has 0 radical (unpaired) electrons. The van der Waals surface area contributed by atoms with Crippen LogP contribution >= 0.6 is 0 Å². The third-order valence-corrected chi connectivity index (χ3v) is 5.18. The lowest BCUT2D eigenvalue weighted by Gasteiger charge is -2.35. The summed E-state index contributed by atoms with van der Waals surface area (Å²) >= 11 is 0. The molecular weight excluding hydrogens is 262 g/mol. The molecule has 2 aliphatic rings. The molecule has 0 bridgehead atoms. The van der Waals surface area contributed by atoms with Gasteiger partial charge in [0.25, 0.3) is 0 Å². The largest absolute Gasteiger partial charge is 0.324 e. The smallest absolute Gasteiger partial charge is 0.240 e. The number of amides is 1. The zero-order valence-corrected chi connectivity index (χ0v) is 14.4. The zero-order valence-electron chi connectivity index (χ0n) is 14.4. The Balaban J connectivity index is 1.99. The molecule has 1 aliphatic heterocycles. The molecule has 1 heterocycles. The Bertz CT molecular complexity index is 342. The fraction of sp³-hybridized carbons (Fsp3) is 0.941. The molecule has 1 amide bonds. The molecular formula is C17H33N3O. The number of carbonyl (C=O) groups excluding carboxylic acids is 1. The predicted octanol–water partition coefficient (Wildman–Crippen LogP) is 2.44. The summed E-state index contributed by atoms with van der Waals surface area (Å²) in [6, 6.07) is 1.04. The summed E-state index contributed by atoms with van der Waals surface area (Å²) in [6.45, 7) is 12.8. The molecule has 2 unspecified atom stereocenters. The van der Waals surface area contributed by atoms with Crippen LogP contribution in [0.2, 0.25) is 0 Å². The Kier molecular flexibility index (Phi) is 5.67. The van der Waals surface area contributed by atoms with Gasteiger partial charge < -0.3 is 4.90 Å². The van der Waals surface area contributed by atoms with Crippen molar-refractivity contribution < 1.29 is 4.79 Å². The first-order valence-corrected chi connectivity index (χ1v) is 8.74. The number of hydrogen-bond donors (Lipinski definition) is 1. The van der Waals surface area contributed by atoms with E-state index in [1.165, 1.54) is 25.7 Å². The minimum absolute atomic E-state index is 0.0119. The summed E-state index contributed by atoms with van der Waals surface area (Å²) in [5.41, 5.74) is 0. The lowest BCUT2D eigenvalue weighted by atomic mass is 10.0. The van der Waals surface area contributed by atoms with Crippen molar-refractivity contribution in [3.63, 3.8) is 0 Å². The van der Waals surface area contributed by atoms with Gasteiger partial charge in [-0.05, 0) is 53.4 Å². The number of hydrogen-bond acceptors (Lipinski definition) is 3. The van der Waals surface area contributed by atoms with Crippen molar-refractivity contribution in [2.75, 3.05) is 13.1 Å².